The third kappa shape index (κ3) is 4.15. The number of amidine groups is 1. The summed E-state index contributed by atoms with van der Waals surface area (Å²) in [5, 5.41) is 2.81. The van der Waals surface area contributed by atoms with Crippen molar-refractivity contribution in [1.82, 2.24) is 9.80 Å². The van der Waals surface area contributed by atoms with Gasteiger partial charge in [0.05, 0.1) is 30.3 Å². The molecule has 1 unspecified atom stereocenters. The zero-order valence-corrected chi connectivity index (χ0v) is 19.4. The normalized spacial score (nSPS) is 20.6. The van der Waals surface area contributed by atoms with Gasteiger partial charge in [0.2, 0.25) is 5.91 Å². The summed E-state index contributed by atoms with van der Waals surface area (Å²) in [4.78, 5) is 34.7. The lowest BCUT2D eigenvalue weighted by Crippen LogP contribution is -2.38. The molecule has 31 heavy (non-hydrogen) atoms. The molecule has 1 saturated heterocycles. The molecule has 7 heteroatoms. The highest BCUT2D eigenvalue weighted by molar-refractivity contribution is 8.16. The SMILES string of the molecule is CCOC(=O)C1=C(C)N=C2SC=C(CC(=O)N3CCCC3)N2C1c1cc(C)ccc1C. The van der Waals surface area contributed by atoms with E-state index in [-0.39, 0.29) is 17.9 Å². The number of nitrogens with zero attached hydrogens (tertiary/aromatic N) is 3. The fraction of sp³-hybridized carbons (Fsp3) is 0.458. The van der Waals surface area contributed by atoms with Crippen molar-refractivity contribution in [2.75, 3.05) is 19.7 Å². The summed E-state index contributed by atoms with van der Waals surface area (Å²) in [6.45, 7) is 9.73. The Kier molecular flexibility index (Phi) is 6.23. The number of aliphatic imine (C=N–C) groups is 1. The summed E-state index contributed by atoms with van der Waals surface area (Å²) in [7, 11) is 0. The zero-order valence-electron chi connectivity index (χ0n) is 18.6. The van der Waals surface area contributed by atoms with Crippen molar-refractivity contribution in [3.8, 4) is 0 Å². The van der Waals surface area contributed by atoms with Crippen LogP contribution in [-0.2, 0) is 14.3 Å². The largest absolute Gasteiger partial charge is 0.463 e. The van der Waals surface area contributed by atoms with Crippen LogP contribution < -0.4 is 0 Å². The van der Waals surface area contributed by atoms with E-state index >= 15 is 0 Å². The average molecular weight is 440 g/mol. The van der Waals surface area contributed by atoms with Crippen LogP contribution in [0.3, 0.4) is 0 Å². The number of hydrogen-bond donors (Lipinski definition) is 0. The number of aryl methyl sites for hydroxylation is 2. The summed E-state index contributed by atoms with van der Waals surface area (Å²) < 4.78 is 5.43. The third-order valence-electron chi connectivity index (χ3n) is 6.02. The van der Waals surface area contributed by atoms with Gasteiger partial charge in [0, 0.05) is 18.8 Å². The number of ether oxygens (including phenoxy) is 1. The minimum Gasteiger partial charge on any atom is -0.463 e. The molecule has 0 N–H and O–H groups in total. The number of amides is 1. The molecule has 0 aromatic heterocycles. The number of allylic oxidation sites excluding steroid dienone is 1. The van der Waals surface area contributed by atoms with E-state index in [1.165, 1.54) is 11.8 Å². The minimum absolute atomic E-state index is 0.134. The second-order valence-corrected chi connectivity index (χ2v) is 9.07. The lowest BCUT2D eigenvalue weighted by atomic mass is 9.90. The predicted molar refractivity (Wildman–Crippen MR) is 123 cm³/mol. The molecule has 1 aromatic carbocycles. The number of esters is 1. The van der Waals surface area contributed by atoms with Crippen LogP contribution in [0.1, 0.15) is 55.8 Å². The first kappa shape index (κ1) is 21.7. The minimum atomic E-state index is -0.362. The molecule has 3 aliphatic heterocycles. The van der Waals surface area contributed by atoms with Crippen molar-refractivity contribution >= 4 is 28.8 Å². The van der Waals surface area contributed by atoms with E-state index in [0.29, 0.717) is 24.3 Å². The number of thioether (sulfide) groups is 1. The van der Waals surface area contributed by atoms with Gasteiger partial charge in [-0.3, -0.25) is 4.79 Å². The van der Waals surface area contributed by atoms with E-state index in [9.17, 15) is 9.59 Å². The molecule has 6 nitrogen and oxygen atoms in total. The molecule has 0 spiro atoms. The first-order chi connectivity index (χ1) is 14.9. The van der Waals surface area contributed by atoms with Gasteiger partial charge in [0.1, 0.15) is 0 Å². The Balaban J connectivity index is 1.76. The van der Waals surface area contributed by atoms with Crippen LogP contribution in [0.2, 0.25) is 0 Å². The monoisotopic (exact) mass is 439 g/mol. The molecule has 0 bridgehead atoms. The summed E-state index contributed by atoms with van der Waals surface area (Å²) in [5.41, 5.74) is 5.35. The Morgan fingerprint density at radius 1 is 1.19 bits per heavy atom. The van der Waals surface area contributed by atoms with Gasteiger partial charge in [-0.1, -0.05) is 35.5 Å². The smallest absolute Gasteiger partial charge is 0.338 e. The summed E-state index contributed by atoms with van der Waals surface area (Å²) in [6.07, 6.45) is 2.44. The van der Waals surface area contributed by atoms with E-state index in [4.69, 9.17) is 9.73 Å². The molecule has 0 aliphatic carbocycles. The van der Waals surface area contributed by atoms with Crippen LogP contribution in [0.5, 0.6) is 0 Å². The van der Waals surface area contributed by atoms with Gasteiger partial charge in [-0.25, -0.2) is 9.79 Å². The third-order valence-corrected chi connectivity index (χ3v) is 6.91. The van der Waals surface area contributed by atoms with E-state index < -0.39 is 0 Å². The van der Waals surface area contributed by atoms with E-state index in [1.807, 2.05) is 31.1 Å². The van der Waals surface area contributed by atoms with Crippen LogP contribution in [0.15, 0.2) is 45.6 Å². The standard InChI is InChI=1S/C24H29N3O3S/c1-5-30-23(29)21-17(4)25-24-27(22(21)19-12-15(2)8-9-16(19)3)18(14-31-24)13-20(28)26-10-6-7-11-26/h8-9,12,14,22H,5-7,10-11,13H2,1-4H3. The number of rotatable bonds is 5. The Labute approximate surface area is 188 Å². The second-order valence-electron chi connectivity index (χ2n) is 8.24. The van der Waals surface area contributed by atoms with Gasteiger partial charge in [0.15, 0.2) is 5.17 Å². The number of carbonyl (C=O) groups excluding carboxylic acids is 2. The zero-order chi connectivity index (χ0) is 22.1. The second kappa shape index (κ2) is 8.91. The van der Waals surface area contributed by atoms with Gasteiger partial charge >= 0.3 is 5.97 Å². The van der Waals surface area contributed by atoms with E-state index in [1.54, 1.807) is 0 Å². The molecule has 1 atom stereocenters. The van der Waals surface area contributed by atoms with Crippen molar-refractivity contribution in [3.05, 3.63) is 57.3 Å². The highest BCUT2D eigenvalue weighted by Gasteiger charge is 2.42. The van der Waals surface area contributed by atoms with Crippen LogP contribution in [0, 0.1) is 13.8 Å². The summed E-state index contributed by atoms with van der Waals surface area (Å²) in [6, 6.07) is 5.91. The maximum absolute atomic E-state index is 13.0. The highest BCUT2D eigenvalue weighted by atomic mass is 32.2. The van der Waals surface area contributed by atoms with Crippen molar-refractivity contribution < 1.29 is 14.3 Å². The molecular weight excluding hydrogens is 410 g/mol. The van der Waals surface area contributed by atoms with Crippen LogP contribution in [-0.4, -0.2) is 46.5 Å². The fourth-order valence-corrected chi connectivity index (χ4v) is 5.39. The van der Waals surface area contributed by atoms with Gasteiger partial charge in [-0.05, 0) is 57.1 Å². The summed E-state index contributed by atoms with van der Waals surface area (Å²) in [5.74, 6) is -0.218. The fourth-order valence-electron chi connectivity index (χ4n) is 4.42. The lowest BCUT2D eigenvalue weighted by molar-refractivity contribution is -0.139. The predicted octanol–water partition coefficient (Wildman–Crippen LogP) is 4.45. The molecule has 1 fully saturated rings. The lowest BCUT2D eigenvalue weighted by Gasteiger charge is -2.37. The quantitative estimate of drug-likeness (QED) is 0.634. The first-order valence-corrected chi connectivity index (χ1v) is 11.7. The molecular formula is C24H29N3O3S. The van der Waals surface area contributed by atoms with Crippen molar-refractivity contribution in [1.29, 1.82) is 0 Å². The number of fused-ring (bicyclic) bond motifs is 1. The Hall–Kier alpha value is -2.54. The number of likely N-dealkylation sites (tertiary alicyclic amines) is 1. The average Bonchev–Trinajstić information content (AvgIpc) is 3.39. The molecule has 1 aromatic rings. The van der Waals surface area contributed by atoms with Gasteiger partial charge in [-0.2, -0.15) is 0 Å². The Bertz CT molecular complexity index is 1010. The Morgan fingerprint density at radius 2 is 1.94 bits per heavy atom. The van der Waals surface area contributed by atoms with Gasteiger partial charge in [0.25, 0.3) is 0 Å². The molecule has 1 amide bonds. The van der Waals surface area contributed by atoms with Gasteiger partial charge in [-0.15, -0.1) is 0 Å². The van der Waals surface area contributed by atoms with E-state index in [0.717, 1.165) is 53.5 Å². The molecule has 4 rings (SSSR count). The molecule has 3 heterocycles. The number of carbonyl (C=O) groups is 2. The molecule has 164 valence electrons. The summed E-state index contributed by atoms with van der Waals surface area (Å²) >= 11 is 1.52. The Morgan fingerprint density at radius 3 is 2.65 bits per heavy atom. The van der Waals surface area contributed by atoms with Gasteiger partial charge < -0.3 is 14.5 Å². The van der Waals surface area contributed by atoms with Crippen molar-refractivity contribution in [2.45, 2.75) is 53.0 Å². The van der Waals surface area contributed by atoms with Crippen LogP contribution >= 0.6 is 11.8 Å². The topological polar surface area (TPSA) is 62.2 Å². The van der Waals surface area contributed by atoms with Crippen LogP contribution in [0.4, 0.5) is 0 Å². The highest BCUT2D eigenvalue weighted by Crippen LogP contribution is 2.45. The molecule has 0 saturated carbocycles. The molecule has 0 radical (unpaired) electrons. The van der Waals surface area contributed by atoms with E-state index in [2.05, 4.69) is 30.0 Å². The maximum Gasteiger partial charge on any atom is 0.338 e. The number of hydrogen-bond acceptors (Lipinski definition) is 6. The molecule has 3 aliphatic rings. The van der Waals surface area contributed by atoms with Crippen molar-refractivity contribution in [2.24, 2.45) is 4.99 Å². The van der Waals surface area contributed by atoms with Crippen LogP contribution in [0.25, 0.3) is 0 Å². The number of benzene rings is 1. The van der Waals surface area contributed by atoms with Crippen molar-refractivity contribution in [3.63, 3.8) is 0 Å². The maximum atomic E-state index is 13.0. The first-order valence-electron chi connectivity index (χ1n) is 10.9.